The van der Waals surface area contributed by atoms with Gasteiger partial charge in [-0.1, -0.05) is 34.1 Å². The van der Waals surface area contributed by atoms with E-state index in [1.54, 1.807) is 17.9 Å². The number of halogens is 1. The molecule has 28 heavy (non-hydrogen) atoms. The molecule has 3 heterocycles. The summed E-state index contributed by atoms with van der Waals surface area (Å²) in [7, 11) is 0. The topological polar surface area (TPSA) is 66.1 Å². The van der Waals surface area contributed by atoms with Crippen LogP contribution in [0.25, 0.3) is 17.4 Å². The predicted octanol–water partition coefficient (Wildman–Crippen LogP) is 3.84. The highest BCUT2D eigenvalue weighted by atomic mass is 79.9. The molecule has 0 saturated carbocycles. The predicted molar refractivity (Wildman–Crippen MR) is 114 cm³/mol. The fourth-order valence-corrected chi connectivity index (χ4v) is 4.54. The molecule has 4 rings (SSSR count). The summed E-state index contributed by atoms with van der Waals surface area (Å²) in [5.74, 6) is 1.17. The molecule has 0 radical (unpaired) electrons. The molecule has 1 fully saturated rings. The Morgan fingerprint density at radius 1 is 1.18 bits per heavy atom. The minimum atomic E-state index is -0.257. The van der Waals surface area contributed by atoms with Crippen LogP contribution in [0.1, 0.15) is 12.7 Å². The molecule has 2 aliphatic rings. The van der Waals surface area contributed by atoms with Crippen molar-refractivity contribution < 1.29 is 14.0 Å². The van der Waals surface area contributed by atoms with Gasteiger partial charge in [0.2, 0.25) is 5.91 Å². The fraction of sp³-hybridized carbons (Fsp3) is 0.250. The smallest absolute Gasteiger partial charge is 0.286 e. The SMILES string of the molecule is CC(=O)N1CCN(C2=NC(=O)/C(=C/c3ccc(-c4ccccc4Br)o3)S2)CC1. The van der Waals surface area contributed by atoms with Crippen LogP contribution in [0.4, 0.5) is 0 Å². The van der Waals surface area contributed by atoms with E-state index in [9.17, 15) is 9.59 Å². The summed E-state index contributed by atoms with van der Waals surface area (Å²) >= 11 is 4.88. The Hall–Kier alpha value is -2.32. The average Bonchev–Trinajstić information content (AvgIpc) is 3.30. The number of carbonyl (C=O) groups excluding carboxylic acids is 2. The van der Waals surface area contributed by atoms with Gasteiger partial charge in [-0.2, -0.15) is 4.99 Å². The number of rotatable bonds is 2. The summed E-state index contributed by atoms with van der Waals surface area (Å²) in [5, 5.41) is 0.692. The van der Waals surface area contributed by atoms with Gasteiger partial charge in [-0.25, -0.2) is 0 Å². The third-order valence-electron chi connectivity index (χ3n) is 4.64. The zero-order chi connectivity index (χ0) is 19.7. The van der Waals surface area contributed by atoms with E-state index in [0.717, 1.165) is 15.8 Å². The molecule has 2 aromatic rings. The summed E-state index contributed by atoms with van der Waals surface area (Å²) in [6.07, 6.45) is 1.73. The molecule has 0 unspecified atom stereocenters. The van der Waals surface area contributed by atoms with Gasteiger partial charge in [-0.15, -0.1) is 0 Å². The lowest BCUT2D eigenvalue weighted by Crippen LogP contribution is -2.49. The van der Waals surface area contributed by atoms with Gasteiger partial charge in [-0.05, 0) is 30.0 Å². The van der Waals surface area contributed by atoms with Crippen LogP contribution >= 0.6 is 27.7 Å². The van der Waals surface area contributed by atoms with E-state index < -0.39 is 0 Å². The zero-order valence-electron chi connectivity index (χ0n) is 15.2. The van der Waals surface area contributed by atoms with E-state index in [-0.39, 0.29) is 11.8 Å². The first-order valence-electron chi connectivity index (χ1n) is 8.89. The minimum Gasteiger partial charge on any atom is -0.457 e. The maximum Gasteiger partial charge on any atom is 0.286 e. The van der Waals surface area contributed by atoms with Crippen molar-refractivity contribution in [2.75, 3.05) is 26.2 Å². The quantitative estimate of drug-likeness (QED) is 0.638. The number of nitrogens with zero attached hydrogens (tertiary/aromatic N) is 3. The average molecular weight is 460 g/mol. The molecule has 0 spiro atoms. The van der Waals surface area contributed by atoms with Crippen LogP contribution in [0.15, 0.2) is 55.2 Å². The summed E-state index contributed by atoms with van der Waals surface area (Å²) in [6.45, 7) is 4.23. The standard InChI is InChI=1S/C20H18BrN3O3S/c1-13(25)23-8-10-24(11-9-23)20-22-19(26)18(28-20)12-14-6-7-17(27-14)15-4-2-3-5-16(15)21/h2-7,12H,8-11H2,1H3/b18-12-. The van der Waals surface area contributed by atoms with Crippen LogP contribution in [-0.2, 0) is 9.59 Å². The Morgan fingerprint density at radius 3 is 2.64 bits per heavy atom. The first kappa shape index (κ1) is 19.0. The first-order chi connectivity index (χ1) is 13.5. The first-order valence-corrected chi connectivity index (χ1v) is 10.5. The molecule has 0 N–H and O–H groups in total. The molecule has 0 bridgehead atoms. The lowest BCUT2D eigenvalue weighted by Gasteiger charge is -2.34. The van der Waals surface area contributed by atoms with Crippen LogP contribution in [0.2, 0.25) is 0 Å². The normalized spacial score (nSPS) is 18.7. The van der Waals surface area contributed by atoms with Crippen LogP contribution in [-0.4, -0.2) is 53.0 Å². The van der Waals surface area contributed by atoms with E-state index in [2.05, 4.69) is 25.8 Å². The highest BCUT2D eigenvalue weighted by Gasteiger charge is 2.29. The molecule has 0 aliphatic carbocycles. The van der Waals surface area contributed by atoms with Gasteiger partial charge < -0.3 is 14.2 Å². The van der Waals surface area contributed by atoms with Crippen molar-refractivity contribution in [1.29, 1.82) is 0 Å². The summed E-state index contributed by atoms with van der Waals surface area (Å²) in [4.78, 5) is 32.4. The van der Waals surface area contributed by atoms with Crippen molar-refractivity contribution in [3.8, 4) is 11.3 Å². The number of hydrogen-bond donors (Lipinski definition) is 0. The molecule has 1 aromatic carbocycles. The Bertz CT molecular complexity index is 990. The molecular formula is C20H18BrN3O3S. The largest absolute Gasteiger partial charge is 0.457 e. The van der Waals surface area contributed by atoms with Crippen molar-refractivity contribution in [3.63, 3.8) is 0 Å². The summed E-state index contributed by atoms with van der Waals surface area (Å²) < 4.78 is 6.85. The van der Waals surface area contributed by atoms with E-state index >= 15 is 0 Å². The molecule has 2 aliphatic heterocycles. The molecule has 144 valence electrons. The second-order valence-electron chi connectivity index (χ2n) is 6.49. The van der Waals surface area contributed by atoms with Crippen molar-refractivity contribution in [1.82, 2.24) is 9.80 Å². The number of piperazine rings is 1. The number of aliphatic imine (C=N–C) groups is 1. The second-order valence-corrected chi connectivity index (χ2v) is 8.35. The third kappa shape index (κ3) is 3.93. The lowest BCUT2D eigenvalue weighted by molar-refractivity contribution is -0.130. The van der Waals surface area contributed by atoms with Crippen molar-refractivity contribution in [3.05, 3.63) is 51.5 Å². The van der Waals surface area contributed by atoms with Gasteiger partial charge in [0.1, 0.15) is 11.5 Å². The van der Waals surface area contributed by atoms with E-state index in [0.29, 0.717) is 42.0 Å². The number of amidine groups is 1. The van der Waals surface area contributed by atoms with Gasteiger partial charge in [-0.3, -0.25) is 9.59 Å². The molecule has 1 aromatic heterocycles. The zero-order valence-corrected chi connectivity index (χ0v) is 17.6. The maximum atomic E-state index is 12.3. The van der Waals surface area contributed by atoms with Crippen LogP contribution in [0.5, 0.6) is 0 Å². The number of amides is 2. The molecular weight excluding hydrogens is 442 g/mol. The number of hydrogen-bond acceptors (Lipinski definition) is 5. The molecule has 1 saturated heterocycles. The van der Waals surface area contributed by atoms with Gasteiger partial charge in [0.15, 0.2) is 5.17 Å². The Labute approximate surface area is 175 Å². The van der Waals surface area contributed by atoms with Crippen molar-refractivity contribution in [2.24, 2.45) is 4.99 Å². The highest BCUT2D eigenvalue weighted by molar-refractivity contribution is 9.10. The number of thioether (sulfide) groups is 1. The van der Waals surface area contributed by atoms with Gasteiger partial charge in [0, 0.05) is 49.2 Å². The third-order valence-corrected chi connectivity index (χ3v) is 6.38. The molecule has 2 amide bonds. The van der Waals surface area contributed by atoms with Crippen molar-refractivity contribution >= 4 is 50.7 Å². The maximum absolute atomic E-state index is 12.3. The molecule has 0 atom stereocenters. The van der Waals surface area contributed by atoms with Crippen LogP contribution < -0.4 is 0 Å². The Balaban J connectivity index is 1.45. The number of benzene rings is 1. The van der Waals surface area contributed by atoms with Crippen LogP contribution in [0, 0.1) is 0 Å². The summed E-state index contributed by atoms with van der Waals surface area (Å²) in [6, 6.07) is 11.6. The highest BCUT2D eigenvalue weighted by Crippen LogP contribution is 2.33. The minimum absolute atomic E-state index is 0.0796. The van der Waals surface area contributed by atoms with E-state index in [4.69, 9.17) is 4.42 Å². The Kier molecular flexibility index (Phi) is 5.41. The van der Waals surface area contributed by atoms with Gasteiger partial charge >= 0.3 is 0 Å². The summed E-state index contributed by atoms with van der Waals surface area (Å²) in [5.41, 5.74) is 0.956. The Morgan fingerprint density at radius 2 is 1.93 bits per heavy atom. The molecule has 8 heteroatoms. The van der Waals surface area contributed by atoms with Gasteiger partial charge in [0.25, 0.3) is 5.91 Å². The lowest BCUT2D eigenvalue weighted by atomic mass is 10.2. The number of carbonyl (C=O) groups is 2. The molecule has 6 nitrogen and oxygen atoms in total. The fourth-order valence-electron chi connectivity index (χ4n) is 3.11. The second kappa shape index (κ2) is 7.97. The van der Waals surface area contributed by atoms with Crippen LogP contribution in [0.3, 0.4) is 0 Å². The van der Waals surface area contributed by atoms with Gasteiger partial charge in [0.05, 0.1) is 4.91 Å². The van der Waals surface area contributed by atoms with Crippen molar-refractivity contribution in [2.45, 2.75) is 6.92 Å². The number of furan rings is 1. The van der Waals surface area contributed by atoms with E-state index in [1.807, 2.05) is 36.4 Å². The van der Waals surface area contributed by atoms with E-state index in [1.165, 1.54) is 11.8 Å². The monoisotopic (exact) mass is 459 g/mol.